The van der Waals surface area contributed by atoms with E-state index < -0.39 is 22.5 Å². The van der Waals surface area contributed by atoms with Gasteiger partial charge in [0.2, 0.25) is 15.9 Å². The largest absolute Gasteiger partial charge is 0.322 e. The summed E-state index contributed by atoms with van der Waals surface area (Å²) in [6, 6.07) is 8.36. The Morgan fingerprint density at radius 3 is 2.08 bits per heavy atom. The van der Waals surface area contributed by atoms with Crippen LogP contribution in [0.15, 0.2) is 35.2 Å². The Kier molecular flexibility index (Phi) is 6.11. The molecule has 2 aromatic rings. The van der Waals surface area contributed by atoms with Crippen molar-refractivity contribution < 1.29 is 13.2 Å². The van der Waals surface area contributed by atoms with Gasteiger partial charge in [-0.25, -0.2) is 13.1 Å². The number of halogens is 2. The molecule has 0 unspecified atom stereocenters. The summed E-state index contributed by atoms with van der Waals surface area (Å²) in [5.74, 6) is -0.569. The molecule has 8 heteroatoms. The maximum absolute atomic E-state index is 12.5. The summed E-state index contributed by atoms with van der Waals surface area (Å²) in [5, 5.41) is 3.06. The molecule has 0 heterocycles. The van der Waals surface area contributed by atoms with Crippen molar-refractivity contribution in [2.75, 3.05) is 11.9 Å². The fourth-order valence-corrected chi connectivity index (χ4v) is 4.55. The Morgan fingerprint density at radius 1 is 1.04 bits per heavy atom. The number of benzene rings is 2. The van der Waals surface area contributed by atoms with Crippen LogP contribution in [-0.4, -0.2) is 20.9 Å². The SMILES string of the molecule is Cc1cc(C)c(S(=O)(=O)NCC(=O)Nc2c(Cl)cccc2Cl)c(C)c1. The first-order valence-electron chi connectivity index (χ1n) is 7.43. The van der Waals surface area contributed by atoms with Crippen LogP contribution in [0, 0.1) is 20.8 Å². The highest BCUT2D eigenvalue weighted by molar-refractivity contribution is 7.89. The summed E-state index contributed by atoms with van der Waals surface area (Å²) in [7, 11) is -3.82. The van der Waals surface area contributed by atoms with Gasteiger partial charge in [-0.15, -0.1) is 0 Å². The number of anilines is 1. The zero-order valence-electron chi connectivity index (χ0n) is 14.0. The average Bonchev–Trinajstić information content (AvgIpc) is 2.48. The van der Waals surface area contributed by atoms with E-state index in [0.717, 1.165) is 5.56 Å². The molecule has 25 heavy (non-hydrogen) atoms. The highest BCUT2D eigenvalue weighted by atomic mass is 35.5. The van der Waals surface area contributed by atoms with Gasteiger partial charge >= 0.3 is 0 Å². The van der Waals surface area contributed by atoms with Crippen LogP contribution in [0.1, 0.15) is 16.7 Å². The molecule has 0 radical (unpaired) electrons. The van der Waals surface area contributed by atoms with Crippen LogP contribution in [0.25, 0.3) is 0 Å². The van der Waals surface area contributed by atoms with Gasteiger partial charge in [-0.3, -0.25) is 4.79 Å². The number of rotatable bonds is 5. The standard InChI is InChI=1S/C17H18Cl2N2O3S/c1-10-7-11(2)17(12(3)8-10)25(23,24)20-9-15(22)21-16-13(18)5-4-6-14(16)19/h4-8,20H,9H2,1-3H3,(H,21,22). The lowest BCUT2D eigenvalue weighted by Crippen LogP contribution is -2.33. The molecule has 0 saturated carbocycles. The van der Waals surface area contributed by atoms with Crippen LogP contribution in [-0.2, 0) is 14.8 Å². The van der Waals surface area contributed by atoms with Crippen molar-refractivity contribution in [3.8, 4) is 0 Å². The topological polar surface area (TPSA) is 75.3 Å². The Balaban J connectivity index is 2.14. The maximum Gasteiger partial charge on any atom is 0.241 e. The molecule has 0 aliphatic rings. The first-order chi connectivity index (χ1) is 11.6. The molecule has 0 aliphatic carbocycles. The van der Waals surface area contributed by atoms with Crippen LogP contribution < -0.4 is 10.0 Å². The van der Waals surface area contributed by atoms with Gasteiger partial charge in [-0.1, -0.05) is 47.0 Å². The van der Waals surface area contributed by atoms with Crippen molar-refractivity contribution in [2.45, 2.75) is 25.7 Å². The number of carbonyl (C=O) groups excluding carboxylic acids is 1. The fraction of sp³-hybridized carbons (Fsp3) is 0.235. The van der Waals surface area contributed by atoms with E-state index in [1.807, 2.05) is 6.92 Å². The number of para-hydroxylation sites is 1. The molecule has 0 spiro atoms. The van der Waals surface area contributed by atoms with Crippen molar-refractivity contribution >= 4 is 44.8 Å². The Bertz CT molecular complexity index is 884. The summed E-state index contributed by atoms with van der Waals surface area (Å²) in [6.07, 6.45) is 0. The molecule has 134 valence electrons. The Hall–Kier alpha value is -1.60. The van der Waals surface area contributed by atoms with Crippen molar-refractivity contribution in [3.63, 3.8) is 0 Å². The highest BCUT2D eigenvalue weighted by Crippen LogP contribution is 2.29. The van der Waals surface area contributed by atoms with E-state index in [1.165, 1.54) is 0 Å². The molecular weight excluding hydrogens is 383 g/mol. The molecular formula is C17H18Cl2N2O3S. The predicted molar refractivity (Wildman–Crippen MR) is 101 cm³/mol. The van der Waals surface area contributed by atoms with Gasteiger partial charge in [0.05, 0.1) is 27.2 Å². The third-order valence-corrected chi connectivity index (χ3v) is 5.86. The predicted octanol–water partition coefficient (Wildman–Crippen LogP) is 3.84. The molecule has 1 amide bonds. The number of carbonyl (C=O) groups is 1. The van der Waals surface area contributed by atoms with E-state index in [9.17, 15) is 13.2 Å². The number of nitrogens with one attached hydrogen (secondary N) is 2. The summed E-state index contributed by atoms with van der Waals surface area (Å²) in [4.78, 5) is 12.2. The van der Waals surface area contributed by atoms with E-state index in [-0.39, 0.29) is 20.6 Å². The van der Waals surface area contributed by atoms with Gasteiger partial charge in [0.1, 0.15) is 0 Å². The first kappa shape index (κ1) is 19.7. The molecule has 0 saturated heterocycles. The molecule has 0 aliphatic heterocycles. The fourth-order valence-electron chi connectivity index (χ4n) is 2.62. The lowest BCUT2D eigenvalue weighted by atomic mass is 10.1. The minimum Gasteiger partial charge on any atom is -0.322 e. The molecule has 5 nitrogen and oxygen atoms in total. The van der Waals surface area contributed by atoms with Crippen LogP contribution >= 0.6 is 23.2 Å². The second-order valence-electron chi connectivity index (χ2n) is 5.70. The van der Waals surface area contributed by atoms with Crippen molar-refractivity contribution in [1.29, 1.82) is 0 Å². The van der Waals surface area contributed by atoms with Gasteiger partial charge in [-0.2, -0.15) is 0 Å². The number of hydrogen-bond donors (Lipinski definition) is 2. The number of aryl methyl sites for hydroxylation is 3. The molecule has 2 aromatic carbocycles. The number of amides is 1. The number of sulfonamides is 1. The zero-order valence-corrected chi connectivity index (χ0v) is 16.3. The summed E-state index contributed by atoms with van der Waals surface area (Å²) >= 11 is 12.0. The quantitative estimate of drug-likeness (QED) is 0.800. The average molecular weight is 401 g/mol. The van der Waals surface area contributed by atoms with Crippen molar-refractivity contribution in [3.05, 3.63) is 57.1 Å². The minimum atomic E-state index is -3.82. The summed E-state index contributed by atoms with van der Waals surface area (Å²) in [5.41, 5.74) is 2.47. The summed E-state index contributed by atoms with van der Waals surface area (Å²) in [6.45, 7) is 4.90. The van der Waals surface area contributed by atoms with Gasteiger partial charge < -0.3 is 5.32 Å². The first-order valence-corrected chi connectivity index (χ1v) is 9.67. The van der Waals surface area contributed by atoms with Crippen LogP contribution in [0.2, 0.25) is 10.0 Å². The second-order valence-corrected chi connectivity index (χ2v) is 8.22. The van der Waals surface area contributed by atoms with Crippen LogP contribution in [0.4, 0.5) is 5.69 Å². The van der Waals surface area contributed by atoms with Gasteiger partial charge in [-0.05, 0) is 44.0 Å². The zero-order chi connectivity index (χ0) is 18.8. The van der Waals surface area contributed by atoms with Gasteiger partial charge in [0.15, 0.2) is 0 Å². The molecule has 0 fully saturated rings. The van der Waals surface area contributed by atoms with Crippen LogP contribution in [0.5, 0.6) is 0 Å². The van der Waals surface area contributed by atoms with Crippen LogP contribution in [0.3, 0.4) is 0 Å². The lowest BCUT2D eigenvalue weighted by Gasteiger charge is -2.14. The summed E-state index contributed by atoms with van der Waals surface area (Å²) < 4.78 is 27.4. The van der Waals surface area contributed by atoms with Gasteiger partial charge in [0, 0.05) is 0 Å². The normalized spacial score (nSPS) is 11.4. The molecule has 0 atom stereocenters. The molecule has 0 aromatic heterocycles. The van der Waals surface area contributed by atoms with E-state index in [2.05, 4.69) is 10.0 Å². The minimum absolute atomic E-state index is 0.182. The highest BCUT2D eigenvalue weighted by Gasteiger charge is 2.21. The van der Waals surface area contributed by atoms with Crippen molar-refractivity contribution in [2.24, 2.45) is 0 Å². The third kappa shape index (κ3) is 4.73. The lowest BCUT2D eigenvalue weighted by molar-refractivity contribution is -0.115. The monoisotopic (exact) mass is 400 g/mol. The molecule has 0 bridgehead atoms. The second kappa shape index (κ2) is 7.74. The Labute approximate surface area is 157 Å². The van der Waals surface area contributed by atoms with E-state index in [4.69, 9.17) is 23.2 Å². The smallest absolute Gasteiger partial charge is 0.241 e. The molecule has 2 rings (SSSR count). The van der Waals surface area contributed by atoms with E-state index >= 15 is 0 Å². The van der Waals surface area contributed by atoms with E-state index in [1.54, 1.807) is 44.2 Å². The van der Waals surface area contributed by atoms with E-state index in [0.29, 0.717) is 11.1 Å². The maximum atomic E-state index is 12.5. The number of hydrogen-bond acceptors (Lipinski definition) is 3. The molecule has 2 N–H and O–H groups in total. The Morgan fingerprint density at radius 2 is 1.56 bits per heavy atom. The van der Waals surface area contributed by atoms with Gasteiger partial charge in [0.25, 0.3) is 0 Å². The third-order valence-electron chi connectivity index (χ3n) is 3.52. The van der Waals surface area contributed by atoms with Crippen molar-refractivity contribution in [1.82, 2.24) is 4.72 Å².